The van der Waals surface area contributed by atoms with Gasteiger partial charge in [0.1, 0.15) is 0 Å². The van der Waals surface area contributed by atoms with Crippen LogP contribution < -0.4 is 5.32 Å². The summed E-state index contributed by atoms with van der Waals surface area (Å²) in [5.74, 6) is 0.768. The first-order valence-corrected chi connectivity index (χ1v) is 10.7. The van der Waals surface area contributed by atoms with Crippen molar-refractivity contribution in [1.29, 1.82) is 0 Å². The van der Waals surface area contributed by atoms with Crippen molar-refractivity contribution in [3.63, 3.8) is 0 Å². The molecule has 1 heterocycles. The molecular weight excluding hydrogens is 330 g/mol. The Kier molecular flexibility index (Phi) is 6.65. The zero-order chi connectivity index (χ0) is 17.6. The number of hydrogen-bond donors (Lipinski definition) is 1. The highest BCUT2D eigenvalue weighted by atomic mass is 32.2. The van der Waals surface area contributed by atoms with E-state index in [1.54, 1.807) is 11.8 Å². The summed E-state index contributed by atoms with van der Waals surface area (Å²) >= 11 is 1.75. The summed E-state index contributed by atoms with van der Waals surface area (Å²) in [5.41, 5.74) is 1.22. The van der Waals surface area contributed by atoms with Crippen molar-refractivity contribution in [2.24, 2.45) is 5.92 Å². The highest BCUT2D eigenvalue weighted by Gasteiger charge is 2.32. The second-order valence-electron chi connectivity index (χ2n) is 7.47. The maximum Gasteiger partial charge on any atom is 0.317 e. The van der Waals surface area contributed by atoms with Gasteiger partial charge >= 0.3 is 6.03 Å². The topological polar surface area (TPSA) is 35.6 Å². The van der Waals surface area contributed by atoms with Gasteiger partial charge in [0, 0.05) is 24.0 Å². The highest BCUT2D eigenvalue weighted by molar-refractivity contribution is 7.98. The second kappa shape index (κ2) is 8.95. The van der Waals surface area contributed by atoms with E-state index in [4.69, 9.17) is 0 Å². The molecule has 0 radical (unpaired) electrons. The first-order chi connectivity index (χ1) is 12.2. The molecule has 3 rings (SSSR count). The number of rotatable bonds is 7. The summed E-state index contributed by atoms with van der Waals surface area (Å²) in [6.45, 7) is 3.92. The number of likely N-dealkylation sites (tertiary alicyclic amines) is 1. The van der Waals surface area contributed by atoms with E-state index in [1.165, 1.54) is 36.4 Å². The fourth-order valence-electron chi connectivity index (χ4n) is 3.52. The van der Waals surface area contributed by atoms with E-state index in [2.05, 4.69) is 47.8 Å². The molecule has 0 unspecified atom stereocenters. The smallest absolute Gasteiger partial charge is 0.317 e. The summed E-state index contributed by atoms with van der Waals surface area (Å²) in [6.07, 6.45) is 8.02. The lowest BCUT2D eigenvalue weighted by Crippen LogP contribution is -2.42. The minimum Gasteiger partial charge on any atom is -0.338 e. The highest BCUT2D eigenvalue weighted by Crippen LogP contribution is 2.29. The number of amides is 2. The molecule has 0 spiro atoms. The van der Waals surface area contributed by atoms with Gasteiger partial charge in [-0.1, -0.05) is 12.1 Å². The van der Waals surface area contributed by atoms with Crippen LogP contribution in [-0.4, -0.2) is 54.8 Å². The first-order valence-electron chi connectivity index (χ1n) is 9.51. The van der Waals surface area contributed by atoms with Crippen LogP contribution >= 0.6 is 11.8 Å². The molecule has 1 aromatic rings. The Bertz CT molecular complexity index is 551. The molecule has 0 aromatic heterocycles. The SMILES string of the molecule is CSc1ccc(CN(C(=O)NCCC2CCN(C)CC2)C2CC2)cc1. The Morgan fingerprint density at radius 2 is 1.88 bits per heavy atom. The molecule has 1 saturated carbocycles. The Balaban J connectivity index is 1.46. The molecule has 1 aliphatic heterocycles. The van der Waals surface area contributed by atoms with Crippen LogP contribution in [0.15, 0.2) is 29.2 Å². The largest absolute Gasteiger partial charge is 0.338 e. The number of thioether (sulfide) groups is 1. The summed E-state index contributed by atoms with van der Waals surface area (Å²) < 4.78 is 0. The van der Waals surface area contributed by atoms with Crippen molar-refractivity contribution in [2.75, 3.05) is 32.9 Å². The van der Waals surface area contributed by atoms with Crippen LogP contribution in [-0.2, 0) is 6.54 Å². The molecule has 1 aliphatic carbocycles. The third kappa shape index (κ3) is 5.65. The van der Waals surface area contributed by atoms with Gasteiger partial charge in [-0.3, -0.25) is 0 Å². The standard InChI is InChI=1S/C20H31N3OS/c1-22-13-10-16(11-14-22)9-12-21-20(24)23(18-5-6-18)15-17-3-7-19(25-2)8-4-17/h3-4,7-8,16,18H,5-6,9-15H2,1-2H3,(H,21,24). The normalized spacial score (nSPS) is 19.0. The van der Waals surface area contributed by atoms with Gasteiger partial charge in [-0.2, -0.15) is 0 Å². The van der Waals surface area contributed by atoms with Crippen molar-refractivity contribution in [2.45, 2.75) is 49.6 Å². The molecule has 2 fully saturated rings. The average molecular weight is 362 g/mol. The molecule has 1 N–H and O–H groups in total. The number of piperidine rings is 1. The molecule has 4 nitrogen and oxygen atoms in total. The lowest BCUT2D eigenvalue weighted by molar-refractivity contribution is 0.187. The van der Waals surface area contributed by atoms with Crippen molar-refractivity contribution in [1.82, 2.24) is 15.1 Å². The van der Waals surface area contributed by atoms with E-state index in [0.717, 1.165) is 38.3 Å². The Morgan fingerprint density at radius 1 is 1.20 bits per heavy atom. The van der Waals surface area contributed by atoms with E-state index < -0.39 is 0 Å². The van der Waals surface area contributed by atoms with Crippen LogP contribution in [0.25, 0.3) is 0 Å². The third-order valence-electron chi connectivity index (χ3n) is 5.43. The predicted octanol–water partition coefficient (Wildman–Crippen LogP) is 3.81. The molecule has 0 atom stereocenters. The van der Waals surface area contributed by atoms with Crippen LogP contribution in [0.4, 0.5) is 4.79 Å². The molecule has 5 heteroatoms. The van der Waals surface area contributed by atoms with E-state index in [9.17, 15) is 4.79 Å². The lowest BCUT2D eigenvalue weighted by Gasteiger charge is -2.29. The molecule has 0 bridgehead atoms. The Hall–Kier alpha value is -1.20. The van der Waals surface area contributed by atoms with Crippen LogP contribution in [0.3, 0.4) is 0 Å². The van der Waals surface area contributed by atoms with E-state index in [-0.39, 0.29) is 6.03 Å². The maximum absolute atomic E-state index is 12.6. The van der Waals surface area contributed by atoms with Gasteiger partial charge in [0.05, 0.1) is 0 Å². The zero-order valence-electron chi connectivity index (χ0n) is 15.5. The minimum atomic E-state index is 0.115. The summed E-state index contributed by atoms with van der Waals surface area (Å²) in [4.78, 5) is 18.3. The quantitative estimate of drug-likeness (QED) is 0.750. The number of nitrogens with one attached hydrogen (secondary N) is 1. The van der Waals surface area contributed by atoms with Gasteiger partial charge in [-0.15, -0.1) is 11.8 Å². The molecule has 2 aliphatic rings. The number of carbonyl (C=O) groups excluding carboxylic acids is 1. The molecule has 25 heavy (non-hydrogen) atoms. The van der Waals surface area contributed by atoms with Crippen molar-refractivity contribution in [3.8, 4) is 0 Å². The molecule has 1 aromatic carbocycles. The summed E-state index contributed by atoms with van der Waals surface area (Å²) in [5, 5.41) is 3.17. The summed E-state index contributed by atoms with van der Waals surface area (Å²) in [6, 6.07) is 9.12. The summed E-state index contributed by atoms with van der Waals surface area (Å²) in [7, 11) is 2.19. The number of hydrogen-bond acceptors (Lipinski definition) is 3. The number of urea groups is 1. The monoisotopic (exact) mass is 361 g/mol. The van der Waals surface area contributed by atoms with Crippen molar-refractivity contribution in [3.05, 3.63) is 29.8 Å². The molecule has 2 amide bonds. The predicted molar refractivity (Wildman–Crippen MR) is 105 cm³/mol. The van der Waals surface area contributed by atoms with Gasteiger partial charge in [0.2, 0.25) is 0 Å². The fourth-order valence-corrected chi connectivity index (χ4v) is 3.92. The average Bonchev–Trinajstić information content (AvgIpc) is 3.46. The fraction of sp³-hybridized carbons (Fsp3) is 0.650. The number of benzene rings is 1. The van der Waals surface area contributed by atoms with Crippen molar-refractivity contribution >= 4 is 17.8 Å². The van der Waals surface area contributed by atoms with Gasteiger partial charge in [0.25, 0.3) is 0 Å². The molecular formula is C20H31N3OS. The van der Waals surface area contributed by atoms with Gasteiger partial charge in [0.15, 0.2) is 0 Å². The van der Waals surface area contributed by atoms with Crippen LogP contribution in [0.5, 0.6) is 0 Å². The first kappa shape index (κ1) is 18.6. The molecule has 1 saturated heterocycles. The zero-order valence-corrected chi connectivity index (χ0v) is 16.4. The molecule has 138 valence electrons. The lowest BCUT2D eigenvalue weighted by atomic mass is 9.94. The van der Waals surface area contributed by atoms with E-state index in [1.807, 2.05) is 4.90 Å². The van der Waals surface area contributed by atoms with Crippen molar-refractivity contribution < 1.29 is 4.79 Å². The third-order valence-corrected chi connectivity index (χ3v) is 6.17. The Labute approximate surface area is 156 Å². The van der Waals surface area contributed by atoms with E-state index >= 15 is 0 Å². The van der Waals surface area contributed by atoms with Gasteiger partial charge in [-0.05, 0) is 82.1 Å². The number of carbonyl (C=O) groups is 1. The second-order valence-corrected chi connectivity index (χ2v) is 8.35. The number of nitrogens with zero attached hydrogens (tertiary/aromatic N) is 2. The van der Waals surface area contributed by atoms with E-state index in [0.29, 0.717) is 6.04 Å². The van der Waals surface area contributed by atoms with Crippen LogP contribution in [0.2, 0.25) is 0 Å². The van der Waals surface area contributed by atoms with Gasteiger partial charge < -0.3 is 15.1 Å². The maximum atomic E-state index is 12.6. The van der Waals surface area contributed by atoms with Crippen LogP contribution in [0.1, 0.15) is 37.7 Å². The van der Waals surface area contributed by atoms with Crippen LogP contribution in [0, 0.1) is 5.92 Å². The van der Waals surface area contributed by atoms with Gasteiger partial charge in [-0.25, -0.2) is 4.79 Å². The Morgan fingerprint density at radius 3 is 2.48 bits per heavy atom. The minimum absolute atomic E-state index is 0.115.